The average Bonchev–Trinajstić information content (AvgIpc) is 3.17. The fourth-order valence-electron chi connectivity index (χ4n) is 4.70. The number of hydrogen-bond donors (Lipinski definition) is 0. The van der Waals surface area contributed by atoms with Crippen LogP contribution in [-0.2, 0) is 4.74 Å². The molecule has 0 saturated carbocycles. The standard InChI is InChI=1S/C28H35N3O2S.2C2H6/c1-3-4-16-33-23-7-9-24(10-8-23)34-27-18-29-26-11-6-21(2)17-25(26)28(27)31-13-5-12-30(14-15-31)22-19-32-20-22;2*1-2/h6-11,17-18,22H,3-5,12-16,19-20H2,1-2H3;2*1-2H3. The first-order valence-corrected chi connectivity index (χ1v) is 15.4. The quantitative estimate of drug-likeness (QED) is 0.273. The molecule has 1 aromatic heterocycles. The van der Waals surface area contributed by atoms with E-state index in [0.717, 1.165) is 70.1 Å². The highest BCUT2D eigenvalue weighted by Crippen LogP contribution is 2.40. The largest absolute Gasteiger partial charge is 0.494 e. The highest BCUT2D eigenvalue weighted by atomic mass is 32.2. The normalized spacial score (nSPS) is 16.0. The summed E-state index contributed by atoms with van der Waals surface area (Å²) in [6.45, 7) is 19.2. The predicted octanol–water partition coefficient (Wildman–Crippen LogP) is 7.84. The van der Waals surface area contributed by atoms with Crippen LogP contribution in [0.2, 0.25) is 0 Å². The molecule has 0 N–H and O–H groups in total. The van der Waals surface area contributed by atoms with Gasteiger partial charge < -0.3 is 14.4 Å². The first-order chi connectivity index (χ1) is 18.7. The van der Waals surface area contributed by atoms with E-state index in [1.807, 2.05) is 27.7 Å². The van der Waals surface area contributed by atoms with Gasteiger partial charge in [0, 0.05) is 42.7 Å². The SMILES string of the molecule is CC.CC.CCCCOc1ccc(Sc2cnc3ccc(C)cc3c2N2CCCN(C3COC3)CC2)cc1. The van der Waals surface area contributed by atoms with Crippen LogP contribution < -0.4 is 9.64 Å². The number of aromatic nitrogens is 1. The van der Waals surface area contributed by atoms with E-state index in [4.69, 9.17) is 14.5 Å². The van der Waals surface area contributed by atoms with Crippen molar-refractivity contribution >= 4 is 28.4 Å². The number of hydrogen-bond acceptors (Lipinski definition) is 6. The zero-order valence-corrected chi connectivity index (χ0v) is 25.2. The molecule has 38 heavy (non-hydrogen) atoms. The van der Waals surface area contributed by atoms with Crippen LogP contribution in [0.1, 0.15) is 59.4 Å². The molecule has 0 spiro atoms. The molecule has 0 radical (unpaired) electrons. The summed E-state index contributed by atoms with van der Waals surface area (Å²) < 4.78 is 11.3. The maximum atomic E-state index is 5.86. The number of fused-ring (bicyclic) bond motifs is 1. The molecule has 0 unspecified atom stereocenters. The van der Waals surface area contributed by atoms with Crippen molar-refractivity contribution in [2.45, 2.75) is 76.6 Å². The van der Waals surface area contributed by atoms with Gasteiger partial charge in [0.25, 0.3) is 0 Å². The predicted molar refractivity (Wildman–Crippen MR) is 163 cm³/mol. The number of ether oxygens (including phenoxy) is 2. The van der Waals surface area contributed by atoms with Gasteiger partial charge in [-0.1, -0.05) is 64.4 Å². The van der Waals surface area contributed by atoms with Crippen LogP contribution in [0.4, 0.5) is 5.69 Å². The number of nitrogens with zero attached hydrogens (tertiary/aromatic N) is 3. The molecule has 3 aromatic rings. The summed E-state index contributed by atoms with van der Waals surface area (Å²) in [7, 11) is 0. The van der Waals surface area contributed by atoms with Crippen molar-refractivity contribution < 1.29 is 9.47 Å². The second-order valence-corrected chi connectivity index (χ2v) is 10.5. The molecule has 208 valence electrons. The summed E-state index contributed by atoms with van der Waals surface area (Å²) >= 11 is 1.80. The summed E-state index contributed by atoms with van der Waals surface area (Å²) in [6.07, 6.45) is 5.46. The molecule has 2 saturated heterocycles. The molecule has 3 heterocycles. The fraction of sp³-hybridized carbons (Fsp3) is 0.531. The molecule has 2 aromatic carbocycles. The minimum Gasteiger partial charge on any atom is -0.494 e. The van der Waals surface area contributed by atoms with Crippen molar-refractivity contribution in [1.29, 1.82) is 0 Å². The van der Waals surface area contributed by atoms with Crippen LogP contribution in [0.5, 0.6) is 5.75 Å². The Morgan fingerprint density at radius 1 is 0.974 bits per heavy atom. The van der Waals surface area contributed by atoms with E-state index < -0.39 is 0 Å². The Kier molecular flexibility index (Phi) is 12.7. The highest BCUT2D eigenvalue weighted by Gasteiger charge is 2.28. The average molecular weight is 538 g/mol. The lowest BCUT2D eigenvalue weighted by atomic mass is 10.1. The van der Waals surface area contributed by atoms with Crippen molar-refractivity contribution in [3.8, 4) is 5.75 Å². The Balaban J connectivity index is 0.000000956. The number of pyridine rings is 1. The topological polar surface area (TPSA) is 37.8 Å². The van der Waals surface area contributed by atoms with E-state index in [1.54, 1.807) is 11.8 Å². The van der Waals surface area contributed by atoms with Gasteiger partial charge in [-0.2, -0.15) is 0 Å². The minimum absolute atomic E-state index is 0.600. The number of anilines is 1. The molecule has 0 atom stereocenters. The van der Waals surface area contributed by atoms with Crippen LogP contribution in [0, 0.1) is 6.92 Å². The highest BCUT2D eigenvalue weighted by molar-refractivity contribution is 7.99. The van der Waals surface area contributed by atoms with Gasteiger partial charge in [-0.05, 0) is 56.2 Å². The second-order valence-electron chi connectivity index (χ2n) is 9.33. The van der Waals surface area contributed by atoms with Crippen molar-refractivity contribution in [3.63, 3.8) is 0 Å². The van der Waals surface area contributed by atoms with Crippen molar-refractivity contribution in [2.75, 3.05) is 50.9 Å². The number of benzene rings is 2. The Morgan fingerprint density at radius 3 is 2.42 bits per heavy atom. The van der Waals surface area contributed by atoms with Crippen molar-refractivity contribution in [2.24, 2.45) is 0 Å². The van der Waals surface area contributed by atoms with Gasteiger partial charge in [-0.25, -0.2) is 0 Å². The van der Waals surface area contributed by atoms with Crippen LogP contribution in [0.3, 0.4) is 0 Å². The van der Waals surface area contributed by atoms with E-state index >= 15 is 0 Å². The summed E-state index contributed by atoms with van der Waals surface area (Å²) in [5, 5.41) is 1.25. The van der Waals surface area contributed by atoms with Crippen LogP contribution in [0.25, 0.3) is 10.9 Å². The zero-order chi connectivity index (χ0) is 27.3. The van der Waals surface area contributed by atoms with Gasteiger partial charge in [0.2, 0.25) is 0 Å². The third-order valence-electron chi connectivity index (χ3n) is 6.76. The fourth-order valence-corrected chi connectivity index (χ4v) is 5.67. The lowest BCUT2D eigenvalue weighted by molar-refractivity contribution is -0.0625. The van der Waals surface area contributed by atoms with E-state index in [2.05, 4.69) is 72.3 Å². The minimum atomic E-state index is 0.600. The second kappa shape index (κ2) is 16.0. The van der Waals surface area contributed by atoms with Gasteiger partial charge in [-0.3, -0.25) is 9.88 Å². The van der Waals surface area contributed by atoms with Crippen molar-refractivity contribution in [1.82, 2.24) is 9.88 Å². The molecular weight excluding hydrogens is 490 g/mol. The molecule has 2 aliphatic heterocycles. The Morgan fingerprint density at radius 2 is 1.74 bits per heavy atom. The molecular formula is C32H47N3O2S. The third-order valence-corrected chi connectivity index (χ3v) is 7.79. The van der Waals surface area contributed by atoms with Gasteiger partial charge in [0.15, 0.2) is 0 Å². The van der Waals surface area contributed by atoms with Crippen LogP contribution in [0.15, 0.2) is 58.5 Å². The molecule has 2 aliphatic rings. The zero-order valence-electron chi connectivity index (χ0n) is 24.3. The van der Waals surface area contributed by atoms with E-state index in [9.17, 15) is 0 Å². The maximum Gasteiger partial charge on any atom is 0.119 e. The van der Waals surface area contributed by atoms with Gasteiger partial charge in [-0.15, -0.1) is 0 Å². The van der Waals surface area contributed by atoms with Gasteiger partial charge >= 0.3 is 0 Å². The summed E-state index contributed by atoms with van der Waals surface area (Å²) in [4.78, 5) is 12.5. The summed E-state index contributed by atoms with van der Waals surface area (Å²) in [6, 6.07) is 15.7. The molecule has 2 fully saturated rings. The molecule has 6 heteroatoms. The van der Waals surface area contributed by atoms with Crippen molar-refractivity contribution in [3.05, 3.63) is 54.2 Å². The van der Waals surface area contributed by atoms with Gasteiger partial charge in [0.05, 0.1) is 42.0 Å². The van der Waals surface area contributed by atoms with E-state index in [0.29, 0.717) is 6.04 Å². The molecule has 0 bridgehead atoms. The molecule has 0 amide bonds. The third kappa shape index (κ3) is 7.87. The number of rotatable bonds is 8. The molecule has 5 nitrogen and oxygen atoms in total. The van der Waals surface area contributed by atoms with Crippen LogP contribution >= 0.6 is 11.8 Å². The lowest BCUT2D eigenvalue weighted by Gasteiger charge is -2.36. The first kappa shape index (κ1) is 30.3. The Hall–Kier alpha value is -2.28. The number of aryl methyl sites for hydroxylation is 1. The summed E-state index contributed by atoms with van der Waals surface area (Å²) in [5.41, 5.74) is 3.67. The van der Waals surface area contributed by atoms with E-state index in [-0.39, 0.29) is 0 Å². The lowest BCUT2D eigenvalue weighted by Crippen LogP contribution is -2.50. The van der Waals surface area contributed by atoms with Crippen LogP contribution in [-0.4, -0.2) is 61.9 Å². The number of unbranched alkanes of at least 4 members (excludes halogenated alkanes) is 1. The Bertz CT molecular complexity index is 1100. The monoisotopic (exact) mass is 537 g/mol. The van der Waals surface area contributed by atoms with Gasteiger partial charge in [0.1, 0.15) is 5.75 Å². The Labute approximate surface area is 234 Å². The molecule has 0 aliphatic carbocycles. The smallest absolute Gasteiger partial charge is 0.119 e. The maximum absolute atomic E-state index is 5.86. The first-order valence-electron chi connectivity index (χ1n) is 14.6. The summed E-state index contributed by atoms with van der Waals surface area (Å²) in [5.74, 6) is 0.942. The molecule has 5 rings (SSSR count). The van der Waals surface area contributed by atoms with E-state index in [1.165, 1.54) is 32.8 Å².